The normalized spacial score (nSPS) is 10.7. The molecule has 0 aliphatic heterocycles. The highest BCUT2D eigenvalue weighted by atomic mass is 33.1. The highest BCUT2D eigenvalue weighted by molar-refractivity contribution is 8.77. The number of anilines is 2. The van der Waals surface area contributed by atoms with E-state index in [1.807, 2.05) is 9.97 Å². The number of aromatic amines is 4. The van der Waals surface area contributed by atoms with Crippen LogP contribution >= 0.6 is 44.3 Å². The highest BCUT2D eigenvalue weighted by Crippen LogP contribution is 2.41. The number of hydrogen-bond acceptors (Lipinski definition) is 14. The minimum Gasteiger partial charge on any atom is -0.303 e. The largest absolute Gasteiger partial charge is 0.326 e. The third kappa shape index (κ3) is 5.92. The Bertz CT molecular complexity index is 1440. The number of hydrogen-bond donors (Lipinski definition) is 6. The van der Waals surface area contributed by atoms with Gasteiger partial charge in [0.15, 0.2) is 8.68 Å². The van der Waals surface area contributed by atoms with Crippen LogP contribution < -0.4 is 33.1 Å². The molecule has 174 valence electrons. The number of rotatable bonds is 7. The molecule has 0 fully saturated rings. The molecule has 4 aromatic heterocycles. The molecule has 4 aromatic rings. The van der Waals surface area contributed by atoms with E-state index in [1.165, 1.54) is 0 Å². The maximum atomic E-state index is 12.1. The Kier molecular flexibility index (Phi) is 6.81. The summed E-state index contributed by atoms with van der Waals surface area (Å²) in [7, 11) is 2.31. The van der Waals surface area contributed by atoms with Crippen LogP contribution in [0.5, 0.6) is 0 Å². The molecule has 0 saturated heterocycles. The summed E-state index contributed by atoms with van der Waals surface area (Å²) in [5.41, 5.74) is -3.56. The zero-order valence-electron chi connectivity index (χ0n) is 16.0. The molecule has 4 rings (SSSR count). The summed E-state index contributed by atoms with van der Waals surface area (Å²) < 4.78 is 0.892. The fourth-order valence-corrected chi connectivity index (χ4v) is 6.00. The molecule has 0 aliphatic rings. The molecule has 0 aliphatic carbocycles. The Balaban J connectivity index is 1.33. The van der Waals surface area contributed by atoms with Crippen LogP contribution in [0.4, 0.5) is 10.3 Å². The number of aromatic nitrogens is 8. The van der Waals surface area contributed by atoms with E-state index in [2.05, 4.69) is 41.0 Å². The fourth-order valence-electron chi connectivity index (χ4n) is 2.17. The van der Waals surface area contributed by atoms with Crippen LogP contribution in [0.15, 0.2) is 40.0 Å². The molecule has 6 N–H and O–H groups in total. The number of nitrogens with one attached hydrogen (secondary N) is 6. The van der Waals surface area contributed by atoms with Crippen molar-refractivity contribution in [3.05, 3.63) is 65.2 Å². The first-order valence-corrected chi connectivity index (χ1v) is 12.3. The van der Waals surface area contributed by atoms with Crippen LogP contribution in [-0.4, -0.2) is 52.1 Å². The lowest BCUT2D eigenvalue weighted by molar-refractivity contribution is 0.101. The van der Waals surface area contributed by atoms with Gasteiger partial charge in [0.05, 0.1) is 0 Å². The van der Waals surface area contributed by atoms with E-state index in [9.17, 15) is 28.8 Å². The molecule has 4 heterocycles. The number of carbonyl (C=O) groups excluding carboxylic acids is 2. The number of H-pyrrole nitrogens is 4. The third-order valence-corrected chi connectivity index (χ3v) is 8.08. The first-order valence-electron chi connectivity index (χ1n) is 8.57. The van der Waals surface area contributed by atoms with Crippen molar-refractivity contribution in [2.45, 2.75) is 8.68 Å². The zero-order chi connectivity index (χ0) is 24.2. The smallest absolute Gasteiger partial charge is 0.303 e. The predicted octanol–water partition coefficient (Wildman–Crippen LogP) is -0.553. The summed E-state index contributed by atoms with van der Waals surface area (Å²) in [5.74, 6) is -1.48. The van der Waals surface area contributed by atoms with E-state index < -0.39 is 34.3 Å². The van der Waals surface area contributed by atoms with Crippen molar-refractivity contribution in [1.29, 1.82) is 0 Å². The van der Waals surface area contributed by atoms with Crippen molar-refractivity contribution in [1.82, 2.24) is 40.3 Å². The molecule has 0 saturated carbocycles. The quantitative estimate of drug-likeness (QED) is 0.128. The van der Waals surface area contributed by atoms with Crippen molar-refractivity contribution < 1.29 is 9.59 Å². The molecule has 0 radical (unpaired) electrons. The van der Waals surface area contributed by atoms with Crippen molar-refractivity contribution in [3.63, 3.8) is 0 Å². The summed E-state index contributed by atoms with van der Waals surface area (Å²) in [5, 5.41) is 20.5. The average Bonchev–Trinajstić information content (AvgIpc) is 3.40. The molecule has 2 amide bonds. The molecular weight excluding hydrogens is 532 g/mol. The summed E-state index contributed by atoms with van der Waals surface area (Å²) in [4.78, 5) is 77.7. The number of amides is 2. The maximum absolute atomic E-state index is 12.1. The van der Waals surface area contributed by atoms with Gasteiger partial charge in [0, 0.05) is 12.1 Å². The van der Waals surface area contributed by atoms with Gasteiger partial charge in [-0.1, -0.05) is 22.7 Å². The van der Waals surface area contributed by atoms with Crippen molar-refractivity contribution in [3.8, 4) is 0 Å². The number of carbonyl (C=O) groups is 2. The summed E-state index contributed by atoms with van der Waals surface area (Å²) in [6.07, 6.45) is 0. The van der Waals surface area contributed by atoms with Crippen molar-refractivity contribution in [2.24, 2.45) is 0 Å². The Morgan fingerprint density at radius 3 is 1.47 bits per heavy atom. The second-order valence-electron chi connectivity index (χ2n) is 5.82. The molecule has 16 nitrogen and oxygen atoms in total. The number of nitrogens with zero attached hydrogens (tertiary/aromatic N) is 4. The molecule has 0 spiro atoms. The van der Waals surface area contributed by atoms with Crippen LogP contribution in [0.25, 0.3) is 0 Å². The highest BCUT2D eigenvalue weighted by Gasteiger charge is 2.15. The molecule has 34 heavy (non-hydrogen) atoms. The lowest BCUT2D eigenvalue weighted by Gasteiger charge is -1.99. The standard InChI is InChI=1S/C14H8N10O6S4/c25-5-1-3(15-9(29)17-5)7(27)19-11-21-23-13(31-11)33-34-14-24-22-12(32-14)20-8(28)4-2-6(26)18-10(30)16-4/h1-2H,(H,19,21,27)(H,20,22,28)(H2,15,17,25,29)(H2,16,18,26,30). The van der Waals surface area contributed by atoms with Crippen molar-refractivity contribution >= 4 is 66.3 Å². The fraction of sp³-hybridized carbons (Fsp3) is 0. The average molecular weight is 541 g/mol. The van der Waals surface area contributed by atoms with E-state index in [1.54, 1.807) is 0 Å². The van der Waals surface area contributed by atoms with Crippen LogP contribution in [0.2, 0.25) is 0 Å². The van der Waals surface area contributed by atoms with Crippen LogP contribution in [0.3, 0.4) is 0 Å². The first-order chi connectivity index (χ1) is 16.2. The maximum Gasteiger partial charge on any atom is 0.326 e. The van der Waals surface area contributed by atoms with Crippen molar-refractivity contribution in [2.75, 3.05) is 10.6 Å². The van der Waals surface area contributed by atoms with E-state index in [-0.39, 0.29) is 21.7 Å². The SMILES string of the molecule is O=C(Nc1nnc(SSc2nnc(NC(=O)c3cc(=O)[nH]c(=O)[nH]3)s2)s1)c1cc(=O)[nH]c(=O)[nH]1. The summed E-state index contributed by atoms with van der Waals surface area (Å²) in [6.45, 7) is 0. The molecule has 0 unspecified atom stereocenters. The molecule has 0 atom stereocenters. The van der Waals surface area contributed by atoms with Gasteiger partial charge in [-0.2, -0.15) is 0 Å². The third-order valence-electron chi connectivity index (χ3n) is 3.45. The minimum atomic E-state index is -0.819. The van der Waals surface area contributed by atoms with Gasteiger partial charge < -0.3 is 9.97 Å². The molecule has 20 heteroatoms. The van der Waals surface area contributed by atoms with Gasteiger partial charge in [-0.25, -0.2) is 9.59 Å². The van der Waals surface area contributed by atoms with Crippen LogP contribution in [0, 0.1) is 0 Å². The summed E-state index contributed by atoms with van der Waals surface area (Å²) in [6, 6.07) is 1.87. The lowest BCUT2D eigenvalue weighted by Crippen LogP contribution is -2.27. The van der Waals surface area contributed by atoms with E-state index in [0.717, 1.165) is 56.4 Å². The Morgan fingerprint density at radius 2 is 1.09 bits per heavy atom. The predicted molar refractivity (Wildman–Crippen MR) is 123 cm³/mol. The summed E-state index contributed by atoms with van der Waals surface area (Å²) >= 11 is 2.06. The zero-order valence-corrected chi connectivity index (χ0v) is 19.3. The van der Waals surface area contributed by atoms with E-state index in [0.29, 0.717) is 8.68 Å². The monoisotopic (exact) mass is 540 g/mol. The lowest BCUT2D eigenvalue weighted by atomic mass is 10.4. The molecule has 0 bridgehead atoms. The Morgan fingerprint density at radius 1 is 0.676 bits per heavy atom. The van der Waals surface area contributed by atoms with Gasteiger partial charge in [0.2, 0.25) is 10.3 Å². The van der Waals surface area contributed by atoms with E-state index in [4.69, 9.17) is 0 Å². The minimum absolute atomic E-state index is 0.131. The molecular formula is C14H8N10O6S4. The second kappa shape index (κ2) is 9.94. The Labute approximate surface area is 200 Å². The van der Waals surface area contributed by atoms with E-state index >= 15 is 0 Å². The molecule has 0 aromatic carbocycles. The van der Waals surface area contributed by atoms with Gasteiger partial charge in [0.25, 0.3) is 22.9 Å². The van der Waals surface area contributed by atoms with Gasteiger partial charge in [-0.3, -0.25) is 39.8 Å². The second-order valence-corrected chi connectivity index (χ2v) is 10.4. The van der Waals surface area contributed by atoms with Crippen LogP contribution in [-0.2, 0) is 0 Å². The van der Waals surface area contributed by atoms with Gasteiger partial charge in [-0.15, -0.1) is 20.4 Å². The first kappa shape index (κ1) is 23.3. The Hall–Kier alpha value is -3.88. The van der Waals surface area contributed by atoms with Gasteiger partial charge in [0.1, 0.15) is 11.4 Å². The van der Waals surface area contributed by atoms with Crippen LogP contribution in [0.1, 0.15) is 21.0 Å². The topological polar surface area (TPSA) is 241 Å². The van der Waals surface area contributed by atoms with Gasteiger partial charge in [-0.05, 0) is 21.6 Å². The van der Waals surface area contributed by atoms with Gasteiger partial charge >= 0.3 is 11.4 Å².